The van der Waals surface area contributed by atoms with Gasteiger partial charge < -0.3 is 14.8 Å². The highest BCUT2D eigenvalue weighted by Gasteiger charge is 2.18. The Kier molecular flexibility index (Phi) is 7.53. The fourth-order valence-electron chi connectivity index (χ4n) is 2.98. The van der Waals surface area contributed by atoms with Gasteiger partial charge in [0.2, 0.25) is 0 Å². The molecule has 0 heterocycles. The standard InChI is InChI=1S/C24H23N3O5S/c1-17-3-6-20(26-24(28)16-32-22-9-4-18(5-10-22)13-14-25)15-23(17)33(29,30)27-19-7-11-21(31-2)12-8-19/h3-12,15,27H,13,16H2,1-2H3,(H,26,28). The Balaban J connectivity index is 1.65. The van der Waals surface area contributed by atoms with Crippen LogP contribution in [0.2, 0.25) is 0 Å². The minimum atomic E-state index is -3.88. The Bertz CT molecular complexity index is 1260. The Morgan fingerprint density at radius 3 is 2.24 bits per heavy atom. The van der Waals surface area contributed by atoms with Crippen molar-refractivity contribution in [3.8, 4) is 17.6 Å². The zero-order valence-electron chi connectivity index (χ0n) is 18.2. The van der Waals surface area contributed by atoms with E-state index in [1.165, 1.54) is 13.2 Å². The number of methoxy groups -OCH3 is 1. The van der Waals surface area contributed by atoms with Gasteiger partial charge in [0.25, 0.3) is 15.9 Å². The van der Waals surface area contributed by atoms with Crippen LogP contribution in [-0.2, 0) is 21.2 Å². The summed E-state index contributed by atoms with van der Waals surface area (Å²) in [6, 6.07) is 20.1. The average Bonchev–Trinajstić information content (AvgIpc) is 2.80. The van der Waals surface area contributed by atoms with Crippen molar-refractivity contribution in [2.45, 2.75) is 18.2 Å². The van der Waals surface area contributed by atoms with E-state index in [2.05, 4.69) is 16.1 Å². The minimum Gasteiger partial charge on any atom is -0.497 e. The molecule has 0 unspecified atom stereocenters. The number of amides is 1. The number of carbonyl (C=O) groups is 1. The molecule has 2 N–H and O–H groups in total. The molecule has 0 fully saturated rings. The maximum absolute atomic E-state index is 12.9. The second-order valence-electron chi connectivity index (χ2n) is 7.13. The van der Waals surface area contributed by atoms with E-state index in [9.17, 15) is 13.2 Å². The number of sulfonamides is 1. The number of nitriles is 1. The molecule has 0 aliphatic carbocycles. The molecule has 33 heavy (non-hydrogen) atoms. The highest BCUT2D eigenvalue weighted by Crippen LogP contribution is 2.24. The quantitative estimate of drug-likeness (QED) is 0.495. The van der Waals surface area contributed by atoms with Crippen molar-refractivity contribution in [2.24, 2.45) is 0 Å². The molecule has 0 radical (unpaired) electrons. The van der Waals surface area contributed by atoms with Crippen LogP contribution in [0.1, 0.15) is 11.1 Å². The third-order valence-corrected chi connectivity index (χ3v) is 6.20. The molecule has 0 aliphatic heterocycles. The molecule has 0 aromatic heterocycles. The van der Waals surface area contributed by atoms with E-state index in [4.69, 9.17) is 14.7 Å². The fourth-order valence-corrected chi connectivity index (χ4v) is 4.31. The third-order valence-electron chi connectivity index (χ3n) is 4.68. The van der Waals surface area contributed by atoms with Crippen LogP contribution in [0.3, 0.4) is 0 Å². The topological polar surface area (TPSA) is 118 Å². The number of ether oxygens (including phenoxy) is 2. The Labute approximate surface area is 192 Å². The molecule has 3 aromatic rings. The van der Waals surface area contributed by atoms with E-state index in [1.807, 2.05) is 0 Å². The number of hydrogen-bond donors (Lipinski definition) is 2. The van der Waals surface area contributed by atoms with Gasteiger partial charge in [0.15, 0.2) is 6.61 Å². The summed E-state index contributed by atoms with van der Waals surface area (Å²) in [5.74, 6) is 0.660. The Hall–Kier alpha value is -4.03. The van der Waals surface area contributed by atoms with Crippen LogP contribution in [-0.4, -0.2) is 28.0 Å². The van der Waals surface area contributed by atoms with E-state index in [0.717, 1.165) is 5.56 Å². The van der Waals surface area contributed by atoms with Crippen LogP contribution in [0, 0.1) is 18.3 Å². The van der Waals surface area contributed by atoms with Crippen LogP contribution < -0.4 is 19.5 Å². The molecule has 8 nitrogen and oxygen atoms in total. The molecule has 0 saturated heterocycles. The van der Waals surface area contributed by atoms with Gasteiger partial charge in [-0.2, -0.15) is 5.26 Å². The van der Waals surface area contributed by atoms with Gasteiger partial charge in [-0.1, -0.05) is 18.2 Å². The van der Waals surface area contributed by atoms with Gasteiger partial charge in [-0.25, -0.2) is 8.42 Å². The SMILES string of the molecule is COc1ccc(NS(=O)(=O)c2cc(NC(=O)COc3ccc(CC#N)cc3)ccc2C)cc1. The molecular formula is C24H23N3O5S. The van der Waals surface area contributed by atoms with Gasteiger partial charge in [0.05, 0.1) is 24.5 Å². The van der Waals surface area contributed by atoms with Crippen molar-refractivity contribution in [3.63, 3.8) is 0 Å². The van der Waals surface area contributed by atoms with Gasteiger partial charge in [-0.3, -0.25) is 9.52 Å². The fraction of sp³-hybridized carbons (Fsp3) is 0.167. The largest absolute Gasteiger partial charge is 0.497 e. The van der Waals surface area contributed by atoms with Crippen LogP contribution in [0.25, 0.3) is 0 Å². The van der Waals surface area contributed by atoms with Crippen LogP contribution in [0.5, 0.6) is 11.5 Å². The van der Waals surface area contributed by atoms with Crippen LogP contribution in [0.15, 0.2) is 71.6 Å². The van der Waals surface area contributed by atoms with Crippen molar-refractivity contribution in [2.75, 3.05) is 23.8 Å². The summed E-state index contributed by atoms with van der Waals surface area (Å²) >= 11 is 0. The van der Waals surface area contributed by atoms with E-state index in [1.54, 1.807) is 67.6 Å². The summed E-state index contributed by atoms with van der Waals surface area (Å²) in [4.78, 5) is 12.3. The number of anilines is 2. The lowest BCUT2D eigenvalue weighted by Gasteiger charge is -2.13. The first-order chi connectivity index (χ1) is 15.8. The monoisotopic (exact) mass is 465 g/mol. The molecular weight excluding hydrogens is 442 g/mol. The van der Waals surface area contributed by atoms with E-state index >= 15 is 0 Å². The van der Waals surface area contributed by atoms with E-state index in [0.29, 0.717) is 34.9 Å². The predicted octanol–water partition coefficient (Wildman–Crippen LogP) is 3.89. The molecule has 0 aliphatic rings. The summed E-state index contributed by atoms with van der Waals surface area (Å²) in [5, 5.41) is 11.4. The zero-order valence-corrected chi connectivity index (χ0v) is 19.0. The Morgan fingerprint density at radius 2 is 1.61 bits per heavy atom. The normalized spacial score (nSPS) is 10.7. The molecule has 0 atom stereocenters. The van der Waals surface area contributed by atoms with Crippen molar-refractivity contribution in [1.82, 2.24) is 0 Å². The maximum atomic E-state index is 12.9. The van der Waals surface area contributed by atoms with Crippen molar-refractivity contribution in [1.29, 1.82) is 5.26 Å². The van der Waals surface area contributed by atoms with Crippen molar-refractivity contribution >= 4 is 27.3 Å². The average molecular weight is 466 g/mol. The number of aryl methyl sites for hydroxylation is 1. The highest BCUT2D eigenvalue weighted by molar-refractivity contribution is 7.92. The molecule has 3 rings (SSSR count). The third kappa shape index (κ3) is 6.48. The lowest BCUT2D eigenvalue weighted by Crippen LogP contribution is -2.21. The molecule has 9 heteroatoms. The van der Waals surface area contributed by atoms with Crippen molar-refractivity contribution < 1.29 is 22.7 Å². The molecule has 0 saturated carbocycles. The summed E-state index contributed by atoms with van der Waals surface area (Å²) < 4.78 is 38.9. The minimum absolute atomic E-state index is 0.0464. The first kappa shape index (κ1) is 23.6. The second kappa shape index (κ2) is 10.5. The molecule has 0 bridgehead atoms. The number of benzene rings is 3. The summed E-state index contributed by atoms with van der Waals surface area (Å²) in [5.41, 5.74) is 2.10. The van der Waals surface area contributed by atoms with E-state index in [-0.39, 0.29) is 11.5 Å². The number of hydrogen-bond acceptors (Lipinski definition) is 6. The molecule has 3 aromatic carbocycles. The smallest absolute Gasteiger partial charge is 0.262 e. The molecule has 170 valence electrons. The van der Waals surface area contributed by atoms with Gasteiger partial charge >= 0.3 is 0 Å². The van der Waals surface area contributed by atoms with Gasteiger partial charge in [-0.15, -0.1) is 0 Å². The highest BCUT2D eigenvalue weighted by atomic mass is 32.2. The number of rotatable bonds is 9. The number of carbonyl (C=O) groups excluding carboxylic acids is 1. The lowest BCUT2D eigenvalue weighted by atomic mass is 10.2. The summed E-state index contributed by atoms with van der Waals surface area (Å²) in [6.07, 6.45) is 0.298. The maximum Gasteiger partial charge on any atom is 0.262 e. The van der Waals surface area contributed by atoms with Crippen LogP contribution in [0.4, 0.5) is 11.4 Å². The van der Waals surface area contributed by atoms with Crippen LogP contribution >= 0.6 is 0 Å². The van der Waals surface area contributed by atoms with Gasteiger partial charge in [0, 0.05) is 11.4 Å². The van der Waals surface area contributed by atoms with Gasteiger partial charge in [-0.05, 0) is 66.6 Å². The van der Waals surface area contributed by atoms with Gasteiger partial charge in [0.1, 0.15) is 11.5 Å². The lowest BCUT2D eigenvalue weighted by molar-refractivity contribution is -0.118. The first-order valence-corrected chi connectivity index (χ1v) is 11.4. The summed E-state index contributed by atoms with van der Waals surface area (Å²) in [6.45, 7) is 1.42. The summed E-state index contributed by atoms with van der Waals surface area (Å²) in [7, 11) is -2.35. The zero-order chi connectivity index (χ0) is 23.8. The number of nitrogens with one attached hydrogen (secondary N) is 2. The number of nitrogens with zero attached hydrogens (tertiary/aromatic N) is 1. The van der Waals surface area contributed by atoms with Crippen molar-refractivity contribution in [3.05, 3.63) is 77.9 Å². The second-order valence-corrected chi connectivity index (χ2v) is 8.78. The molecule has 0 spiro atoms. The van der Waals surface area contributed by atoms with E-state index < -0.39 is 15.9 Å². The first-order valence-electron chi connectivity index (χ1n) is 9.97. The predicted molar refractivity (Wildman–Crippen MR) is 125 cm³/mol. The Morgan fingerprint density at radius 1 is 0.970 bits per heavy atom. The molecule has 1 amide bonds.